The minimum atomic E-state index is -0.770. The Kier molecular flexibility index (Phi) is 7.53. The monoisotopic (exact) mass is 500 g/mol. The van der Waals surface area contributed by atoms with Crippen LogP contribution in [0.25, 0.3) is 5.76 Å². The summed E-state index contributed by atoms with van der Waals surface area (Å²) in [4.78, 5) is 30.3. The van der Waals surface area contributed by atoms with Gasteiger partial charge in [0.05, 0.1) is 30.9 Å². The molecule has 7 nitrogen and oxygen atoms in total. The molecule has 1 fully saturated rings. The Labute approximate surface area is 217 Å². The van der Waals surface area contributed by atoms with Crippen LogP contribution in [0.1, 0.15) is 35.2 Å². The van der Waals surface area contributed by atoms with Gasteiger partial charge in [-0.1, -0.05) is 35.9 Å². The summed E-state index contributed by atoms with van der Waals surface area (Å²) in [5.41, 5.74) is 3.84. The van der Waals surface area contributed by atoms with Gasteiger partial charge in [0.15, 0.2) is 0 Å². The first-order chi connectivity index (χ1) is 17.7. The lowest BCUT2D eigenvalue weighted by Gasteiger charge is -2.26. The van der Waals surface area contributed by atoms with Gasteiger partial charge in [0.25, 0.3) is 11.7 Å². The van der Waals surface area contributed by atoms with E-state index in [4.69, 9.17) is 9.47 Å². The number of carbonyl (C=O) groups is 2. The van der Waals surface area contributed by atoms with Crippen molar-refractivity contribution in [2.45, 2.75) is 26.4 Å². The van der Waals surface area contributed by atoms with E-state index in [0.29, 0.717) is 17.9 Å². The van der Waals surface area contributed by atoms with Crippen molar-refractivity contribution in [2.24, 2.45) is 0 Å². The van der Waals surface area contributed by atoms with Gasteiger partial charge in [-0.3, -0.25) is 9.59 Å². The fourth-order valence-corrected chi connectivity index (χ4v) is 4.55. The molecule has 3 aromatic carbocycles. The lowest BCUT2D eigenvalue weighted by atomic mass is 9.94. The van der Waals surface area contributed by atoms with Crippen molar-refractivity contribution >= 4 is 23.1 Å². The molecule has 1 N–H and O–H groups in total. The Hall–Kier alpha value is -4.26. The fraction of sp³-hybridized carbons (Fsp3) is 0.267. The van der Waals surface area contributed by atoms with E-state index in [-0.39, 0.29) is 17.9 Å². The van der Waals surface area contributed by atoms with Crippen molar-refractivity contribution < 1.29 is 24.2 Å². The van der Waals surface area contributed by atoms with Gasteiger partial charge in [-0.25, -0.2) is 0 Å². The predicted molar refractivity (Wildman–Crippen MR) is 144 cm³/mol. The van der Waals surface area contributed by atoms with Gasteiger partial charge >= 0.3 is 0 Å². The molecule has 1 unspecified atom stereocenters. The Balaban J connectivity index is 1.84. The second-order valence-corrected chi connectivity index (χ2v) is 9.19. The third-order valence-corrected chi connectivity index (χ3v) is 6.46. The highest BCUT2D eigenvalue weighted by Gasteiger charge is 2.46. The van der Waals surface area contributed by atoms with Crippen LogP contribution in [-0.2, 0) is 16.1 Å². The topological polar surface area (TPSA) is 79.3 Å². The fourth-order valence-electron chi connectivity index (χ4n) is 4.55. The molecule has 4 rings (SSSR count). The smallest absolute Gasteiger partial charge is 0.295 e. The number of aliphatic hydroxyl groups is 1. The van der Waals surface area contributed by atoms with Gasteiger partial charge in [-0.2, -0.15) is 0 Å². The maximum atomic E-state index is 13.4. The number of aryl methyl sites for hydroxylation is 1. The molecule has 192 valence electrons. The number of ketones is 1. The number of hydrogen-bond donors (Lipinski definition) is 1. The minimum Gasteiger partial charge on any atom is -0.507 e. The molecular weight excluding hydrogens is 468 g/mol. The van der Waals surface area contributed by atoms with Crippen molar-refractivity contribution in [3.8, 4) is 11.5 Å². The largest absolute Gasteiger partial charge is 0.507 e. The number of nitrogens with zero attached hydrogens (tertiary/aromatic N) is 2. The van der Waals surface area contributed by atoms with E-state index in [9.17, 15) is 14.7 Å². The highest BCUT2D eigenvalue weighted by Crippen LogP contribution is 2.42. The molecule has 1 aliphatic rings. The molecular formula is C30H32N2O5. The number of methoxy groups -OCH3 is 1. The number of anilines is 1. The first-order valence-electron chi connectivity index (χ1n) is 12.2. The van der Waals surface area contributed by atoms with Gasteiger partial charge in [0.2, 0.25) is 0 Å². The maximum Gasteiger partial charge on any atom is 0.295 e. The van der Waals surface area contributed by atoms with E-state index in [2.05, 4.69) is 0 Å². The van der Waals surface area contributed by atoms with Crippen LogP contribution in [0.5, 0.6) is 11.5 Å². The highest BCUT2D eigenvalue weighted by molar-refractivity contribution is 6.46. The summed E-state index contributed by atoms with van der Waals surface area (Å²) < 4.78 is 11.0. The van der Waals surface area contributed by atoms with Gasteiger partial charge < -0.3 is 24.4 Å². The van der Waals surface area contributed by atoms with Crippen molar-refractivity contribution in [1.82, 2.24) is 4.90 Å². The number of Topliss-reactive ketones (excluding diaryl/α,β-unsaturated/α-hetero) is 1. The zero-order chi connectivity index (χ0) is 26.7. The summed E-state index contributed by atoms with van der Waals surface area (Å²) in [5, 5.41) is 11.5. The third-order valence-electron chi connectivity index (χ3n) is 6.46. The summed E-state index contributed by atoms with van der Waals surface area (Å²) in [6.45, 7) is 4.55. The van der Waals surface area contributed by atoms with E-state index in [1.165, 1.54) is 12.0 Å². The number of aliphatic hydroxyl groups excluding tert-OH is 1. The second-order valence-electron chi connectivity index (χ2n) is 9.19. The zero-order valence-corrected chi connectivity index (χ0v) is 21.8. The number of likely N-dealkylation sites (tertiary alicyclic amines) is 1. The van der Waals surface area contributed by atoms with Crippen molar-refractivity contribution in [2.75, 3.05) is 32.7 Å². The summed E-state index contributed by atoms with van der Waals surface area (Å²) in [7, 11) is 5.39. The summed E-state index contributed by atoms with van der Waals surface area (Å²) >= 11 is 0. The summed E-state index contributed by atoms with van der Waals surface area (Å²) in [5.74, 6) is -0.495. The molecule has 0 saturated carbocycles. The third kappa shape index (κ3) is 5.16. The molecule has 0 aromatic heterocycles. The number of rotatable bonds is 8. The molecule has 1 saturated heterocycles. The molecule has 0 bridgehead atoms. The molecule has 0 spiro atoms. The average Bonchev–Trinajstić information content (AvgIpc) is 3.14. The SMILES string of the molecule is CCOc1ccc(CN2C(=O)C(=O)/C(=C(/O)c3cc(C)ccc3OC)C2c2ccc(N(C)C)cc2)cc1. The maximum absolute atomic E-state index is 13.4. The summed E-state index contributed by atoms with van der Waals surface area (Å²) in [6.07, 6.45) is 0. The van der Waals surface area contributed by atoms with Gasteiger partial charge in [0.1, 0.15) is 17.3 Å². The van der Waals surface area contributed by atoms with Gasteiger partial charge in [-0.05, 0) is 61.4 Å². The molecule has 1 aliphatic heterocycles. The lowest BCUT2D eigenvalue weighted by Crippen LogP contribution is -2.29. The van der Waals surface area contributed by atoms with Crippen LogP contribution in [0, 0.1) is 6.92 Å². The van der Waals surface area contributed by atoms with Crippen molar-refractivity contribution in [3.05, 3.63) is 94.6 Å². The van der Waals surface area contributed by atoms with E-state index in [1.807, 2.05) is 87.4 Å². The summed E-state index contributed by atoms with van der Waals surface area (Å²) in [6, 6.07) is 19.6. The number of benzene rings is 3. The Bertz CT molecular complexity index is 1330. The van der Waals surface area contributed by atoms with Crippen molar-refractivity contribution in [1.29, 1.82) is 0 Å². The normalized spacial score (nSPS) is 16.7. The molecule has 3 aromatic rings. The predicted octanol–water partition coefficient (Wildman–Crippen LogP) is 5.09. The Morgan fingerprint density at radius 1 is 1.00 bits per heavy atom. The van der Waals surface area contributed by atoms with Crippen LogP contribution < -0.4 is 14.4 Å². The standard InChI is InChI=1S/C30H32N2O5/c1-6-37-23-14-8-20(9-15-23)18-32-27(21-10-12-22(13-11-21)31(3)4)26(29(34)30(32)35)28(33)24-17-19(2)7-16-25(24)36-5/h7-17,27,33H,6,18H2,1-5H3/b28-26+. The molecule has 0 aliphatic carbocycles. The average molecular weight is 501 g/mol. The molecule has 1 amide bonds. The first-order valence-corrected chi connectivity index (χ1v) is 12.2. The number of hydrogen-bond acceptors (Lipinski definition) is 6. The molecule has 1 atom stereocenters. The van der Waals surface area contributed by atoms with E-state index < -0.39 is 17.7 Å². The first kappa shape index (κ1) is 25.8. The minimum absolute atomic E-state index is 0.0393. The van der Waals surface area contributed by atoms with Crippen LogP contribution in [0.15, 0.2) is 72.3 Å². The number of amides is 1. The Morgan fingerprint density at radius 2 is 1.68 bits per heavy atom. The second kappa shape index (κ2) is 10.8. The Morgan fingerprint density at radius 3 is 2.27 bits per heavy atom. The van der Waals surface area contributed by atoms with Crippen LogP contribution in [0.2, 0.25) is 0 Å². The van der Waals surface area contributed by atoms with E-state index in [0.717, 1.165) is 28.1 Å². The van der Waals surface area contributed by atoms with E-state index >= 15 is 0 Å². The van der Waals surface area contributed by atoms with Crippen LogP contribution >= 0.6 is 0 Å². The molecule has 1 heterocycles. The number of carbonyl (C=O) groups excluding carboxylic acids is 2. The lowest BCUT2D eigenvalue weighted by molar-refractivity contribution is -0.140. The van der Waals surface area contributed by atoms with Crippen LogP contribution in [0.3, 0.4) is 0 Å². The molecule has 0 radical (unpaired) electrons. The van der Waals surface area contributed by atoms with Gasteiger partial charge in [-0.15, -0.1) is 0 Å². The molecule has 7 heteroatoms. The quantitative estimate of drug-likeness (QED) is 0.264. The van der Waals surface area contributed by atoms with E-state index in [1.54, 1.807) is 12.1 Å². The number of ether oxygens (including phenoxy) is 2. The van der Waals surface area contributed by atoms with Crippen LogP contribution in [0.4, 0.5) is 5.69 Å². The van der Waals surface area contributed by atoms with Crippen LogP contribution in [-0.4, -0.2) is 49.5 Å². The van der Waals surface area contributed by atoms with Gasteiger partial charge in [0, 0.05) is 26.3 Å². The zero-order valence-electron chi connectivity index (χ0n) is 21.8. The molecule has 37 heavy (non-hydrogen) atoms. The van der Waals surface area contributed by atoms with Crippen molar-refractivity contribution in [3.63, 3.8) is 0 Å². The highest BCUT2D eigenvalue weighted by atomic mass is 16.5.